The Balaban J connectivity index is 2.86. The number of nitrogens with zero attached hydrogens (tertiary/aromatic N) is 1. The number of carbonyl (C=O) groups excluding carboxylic acids is 3. The van der Waals surface area contributed by atoms with E-state index in [0.29, 0.717) is 5.03 Å². The van der Waals surface area contributed by atoms with E-state index in [1.54, 1.807) is 25.3 Å². The van der Waals surface area contributed by atoms with Gasteiger partial charge in [0, 0.05) is 17.3 Å². The van der Waals surface area contributed by atoms with E-state index in [4.69, 9.17) is 4.74 Å². The number of esters is 1. The van der Waals surface area contributed by atoms with E-state index >= 15 is 0 Å². The van der Waals surface area contributed by atoms with E-state index < -0.39 is 22.9 Å². The van der Waals surface area contributed by atoms with Crippen LogP contribution in [0.25, 0.3) is 0 Å². The monoisotopic (exact) mass is 409 g/mol. The van der Waals surface area contributed by atoms with Crippen LogP contribution in [0.3, 0.4) is 0 Å². The molecule has 1 heterocycles. The summed E-state index contributed by atoms with van der Waals surface area (Å²) in [5.41, 5.74) is -0.561. The van der Waals surface area contributed by atoms with E-state index in [9.17, 15) is 14.4 Å². The lowest BCUT2D eigenvalue weighted by Crippen LogP contribution is -2.46. The highest BCUT2D eigenvalue weighted by atomic mass is 32.2. The summed E-state index contributed by atoms with van der Waals surface area (Å²) < 4.78 is 5.30. The summed E-state index contributed by atoms with van der Waals surface area (Å²) in [6, 6.07) is 3.18. The zero-order valence-corrected chi connectivity index (χ0v) is 18.7. The van der Waals surface area contributed by atoms with Gasteiger partial charge in [0.1, 0.15) is 5.03 Å². The van der Waals surface area contributed by atoms with Gasteiger partial charge in [-0.15, -0.1) is 0 Å². The van der Waals surface area contributed by atoms with Crippen LogP contribution < -0.4 is 10.6 Å². The summed E-state index contributed by atoms with van der Waals surface area (Å²) in [7, 11) is 0. The van der Waals surface area contributed by atoms with Gasteiger partial charge in [0.2, 0.25) is 5.91 Å². The fourth-order valence-corrected chi connectivity index (χ4v) is 2.98. The maximum absolute atomic E-state index is 12.6. The van der Waals surface area contributed by atoms with Crippen molar-refractivity contribution in [2.75, 3.05) is 0 Å². The normalized spacial score (nSPS) is 14.0. The molecule has 28 heavy (non-hydrogen) atoms. The molecule has 1 rings (SSSR count). The van der Waals surface area contributed by atoms with Crippen LogP contribution in [0.5, 0.6) is 0 Å². The van der Waals surface area contributed by atoms with Gasteiger partial charge in [0.15, 0.2) is 6.10 Å². The van der Waals surface area contributed by atoms with Gasteiger partial charge < -0.3 is 15.4 Å². The van der Waals surface area contributed by atoms with E-state index in [1.165, 1.54) is 18.7 Å². The number of aromatic nitrogens is 1. The van der Waals surface area contributed by atoms with E-state index in [-0.39, 0.29) is 22.9 Å². The van der Waals surface area contributed by atoms with Crippen molar-refractivity contribution >= 4 is 29.5 Å². The molecular weight excluding hydrogens is 378 g/mol. The first kappa shape index (κ1) is 23.9. The van der Waals surface area contributed by atoms with Gasteiger partial charge in [-0.25, -0.2) is 9.78 Å². The Hall–Kier alpha value is -2.09. The minimum Gasteiger partial charge on any atom is -0.449 e. The van der Waals surface area contributed by atoms with E-state index in [2.05, 4.69) is 15.6 Å². The molecule has 0 saturated heterocycles. The minimum absolute atomic E-state index is 0.152. The maximum Gasteiger partial charge on any atom is 0.341 e. The number of carbonyl (C=O) groups is 3. The predicted molar refractivity (Wildman–Crippen MR) is 110 cm³/mol. The molecule has 2 atom stereocenters. The fraction of sp³-hybridized carbons (Fsp3) is 0.600. The molecule has 0 fully saturated rings. The SMILES string of the molecule is C[C@H](Sc1ncccc1C(=O)O[C@H](C)C(=O)NC(C)(C)C)C(=O)NC(C)(C)C. The summed E-state index contributed by atoms with van der Waals surface area (Å²) in [5, 5.41) is 5.60. The summed E-state index contributed by atoms with van der Waals surface area (Å²) in [5.74, 6) is -1.19. The average molecular weight is 410 g/mol. The molecule has 1 aromatic rings. The highest BCUT2D eigenvalue weighted by Crippen LogP contribution is 2.26. The lowest BCUT2D eigenvalue weighted by atomic mass is 10.1. The molecule has 0 spiro atoms. The molecule has 0 saturated carbocycles. The van der Waals surface area contributed by atoms with Crippen LogP contribution in [-0.4, -0.2) is 45.2 Å². The van der Waals surface area contributed by atoms with Crippen LogP contribution in [0.2, 0.25) is 0 Å². The highest BCUT2D eigenvalue weighted by Gasteiger charge is 2.26. The largest absolute Gasteiger partial charge is 0.449 e. The molecule has 2 amide bonds. The third kappa shape index (κ3) is 8.29. The molecule has 0 bridgehead atoms. The zero-order valence-electron chi connectivity index (χ0n) is 17.9. The molecule has 0 aliphatic heterocycles. The van der Waals surface area contributed by atoms with Crippen molar-refractivity contribution < 1.29 is 19.1 Å². The quantitative estimate of drug-likeness (QED) is 0.554. The lowest BCUT2D eigenvalue weighted by molar-refractivity contribution is -0.130. The molecule has 0 aliphatic rings. The molecule has 0 unspecified atom stereocenters. The summed E-state index contributed by atoms with van der Waals surface area (Å²) in [4.78, 5) is 41.2. The van der Waals surface area contributed by atoms with Crippen molar-refractivity contribution in [2.45, 2.75) is 82.8 Å². The van der Waals surface area contributed by atoms with Crippen LogP contribution in [0.1, 0.15) is 65.7 Å². The number of amides is 2. The van der Waals surface area contributed by atoms with Crippen molar-refractivity contribution in [1.82, 2.24) is 15.6 Å². The van der Waals surface area contributed by atoms with Crippen molar-refractivity contribution in [3.63, 3.8) is 0 Å². The van der Waals surface area contributed by atoms with Crippen molar-refractivity contribution in [3.8, 4) is 0 Å². The minimum atomic E-state index is -0.952. The number of hydrogen-bond donors (Lipinski definition) is 2. The third-order valence-corrected chi connectivity index (χ3v) is 4.41. The van der Waals surface area contributed by atoms with E-state index in [1.807, 2.05) is 41.5 Å². The van der Waals surface area contributed by atoms with Gasteiger partial charge in [0.05, 0.1) is 10.8 Å². The van der Waals surface area contributed by atoms with Gasteiger partial charge in [-0.2, -0.15) is 0 Å². The number of hydrogen-bond acceptors (Lipinski definition) is 6. The van der Waals surface area contributed by atoms with Crippen molar-refractivity contribution in [3.05, 3.63) is 23.9 Å². The second kappa shape index (κ2) is 9.41. The smallest absolute Gasteiger partial charge is 0.341 e. The van der Waals surface area contributed by atoms with Gasteiger partial charge in [-0.1, -0.05) is 11.8 Å². The number of pyridine rings is 1. The van der Waals surface area contributed by atoms with E-state index in [0.717, 1.165) is 0 Å². The first-order valence-corrected chi connectivity index (χ1v) is 10.0. The predicted octanol–water partition coefficient (Wildman–Crippen LogP) is 2.94. The van der Waals surface area contributed by atoms with Gasteiger partial charge in [-0.3, -0.25) is 9.59 Å². The van der Waals surface area contributed by atoms with Crippen LogP contribution >= 0.6 is 11.8 Å². The van der Waals surface area contributed by atoms with Gasteiger partial charge >= 0.3 is 5.97 Å². The van der Waals surface area contributed by atoms with Gasteiger partial charge in [0.25, 0.3) is 5.91 Å². The Morgan fingerprint density at radius 1 is 1.00 bits per heavy atom. The topological polar surface area (TPSA) is 97.4 Å². The van der Waals surface area contributed by atoms with Crippen LogP contribution in [0.15, 0.2) is 23.4 Å². The summed E-state index contributed by atoms with van der Waals surface area (Å²) in [6.07, 6.45) is 0.592. The first-order valence-electron chi connectivity index (χ1n) is 9.16. The Labute approximate surface area is 171 Å². The molecule has 0 aliphatic carbocycles. The number of nitrogens with one attached hydrogen (secondary N) is 2. The van der Waals surface area contributed by atoms with Crippen molar-refractivity contribution in [1.29, 1.82) is 0 Å². The molecule has 2 N–H and O–H groups in total. The maximum atomic E-state index is 12.6. The highest BCUT2D eigenvalue weighted by molar-refractivity contribution is 8.00. The molecule has 7 nitrogen and oxygen atoms in total. The Bertz CT molecular complexity index is 723. The molecule has 8 heteroatoms. The molecule has 1 aromatic heterocycles. The van der Waals surface area contributed by atoms with Crippen LogP contribution in [0.4, 0.5) is 0 Å². The van der Waals surface area contributed by atoms with Crippen LogP contribution in [-0.2, 0) is 14.3 Å². The third-order valence-electron chi connectivity index (χ3n) is 3.30. The molecule has 0 radical (unpaired) electrons. The summed E-state index contributed by atoms with van der Waals surface area (Å²) >= 11 is 1.17. The standard InChI is InChI=1S/C20H31N3O4S/c1-12(15(24)22-19(3,4)5)27-18(26)14-10-9-11-21-17(14)28-13(2)16(25)23-20(6,7)8/h9-13H,1-8H3,(H,22,24)(H,23,25)/t12-,13+/m1/s1. The van der Waals surface area contributed by atoms with Crippen LogP contribution in [0, 0.1) is 0 Å². The fourth-order valence-electron chi connectivity index (χ4n) is 2.08. The number of rotatable bonds is 6. The van der Waals surface area contributed by atoms with Crippen molar-refractivity contribution in [2.24, 2.45) is 0 Å². The molecule has 156 valence electrons. The zero-order chi connectivity index (χ0) is 21.7. The molecule has 0 aromatic carbocycles. The lowest BCUT2D eigenvalue weighted by Gasteiger charge is -2.24. The number of thioether (sulfide) groups is 1. The summed E-state index contributed by atoms with van der Waals surface area (Å²) in [6.45, 7) is 14.5. The Morgan fingerprint density at radius 3 is 2.07 bits per heavy atom. The Kier molecular flexibility index (Phi) is 8.05. The second-order valence-electron chi connectivity index (χ2n) is 8.64. The Morgan fingerprint density at radius 2 is 1.54 bits per heavy atom. The number of ether oxygens (including phenoxy) is 1. The average Bonchev–Trinajstić information content (AvgIpc) is 2.51. The second-order valence-corrected chi connectivity index (χ2v) is 9.97. The first-order chi connectivity index (χ1) is 12.7. The molecular formula is C20H31N3O4S. The van der Waals surface area contributed by atoms with Gasteiger partial charge in [-0.05, 0) is 67.5 Å².